The quantitative estimate of drug-likeness (QED) is 0.301. The summed E-state index contributed by atoms with van der Waals surface area (Å²) in [4.78, 5) is 12.0. The van der Waals surface area contributed by atoms with Crippen LogP contribution in [0.5, 0.6) is 0 Å². The lowest BCUT2D eigenvalue weighted by atomic mass is 10.1. The Balaban J connectivity index is 1.36. The van der Waals surface area contributed by atoms with Crippen LogP contribution in [0.2, 0.25) is 0 Å². The lowest BCUT2D eigenvalue weighted by Crippen LogP contribution is -2.38. The second-order valence-corrected chi connectivity index (χ2v) is 7.43. The van der Waals surface area contributed by atoms with Crippen LogP contribution in [0.1, 0.15) is 23.6 Å². The lowest BCUT2D eigenvalue weighted by Gasteiger charge is -2.11. The number of benzene rings is 2. The average molecular weight is 419 g/mol. The van der Waals surface area contributed by atoms with E-state index in [0.717, 1.165) is 47.5 Å². The number of rotatable bonds is 8. The standard InChI is InChI=1S/C24H27FN6/c1-2-27-24(28-9-8-20-15-29-23-7-6-21(25)13-22(20)23)30-14-18-4-3-5-19(12-18)16-31-11-10-26-17-31/h3-7,10-13,15,17,29H,2,8-9,14,16H2,1H3,(H2,27,28,30). The van der Waals surface area contributed by atoms with Gasteiger partial charge < -0.3 is 20.2 Å². The van der Waals surface area contributed by atoms with Gasteiger partial charge in [0.2, 0.25) is 0 Å². The smallest absolute Gasteiger partial charge is 0.191 e. The molecular formula is C24H27FN6. The number of aliphatic imine (C=N–C) groups is 1. The molecule has 2 aromatic carbocycles. The molecule has 0 saturated carbocycles. The van der Waals surface area contributed by atoms with Crippen LogP contribution in [0, 0.1) is 5.82 Å². The number of nitrogens with zero attached hydrogens (tertiary/aromatic N) is 3. The third kappa shape index (κ3) is 5.51. The molecule has 0 aliphatic heterocycles. The molecule has 160 valence electrons. The molecule has 0 fully saturated rings. The fourth-order valence-electron chi connectivity index (χ4n) is 3.60. The summed E-state index contributed by atoms with van der Waals surface area (Å²) in [5.41, 5.74) is 4.41. The van der Waals surface area contributed by atoms with Crippen LogP contribution in [0.25, 0.3) is 10.9 Å². The molecule has 0 aliphatic carbocycles. The van der Waals surface area contributed by atoms with Gasteiger partial charge in [0.1, 0.15) is 5.82 Å². The largest absolute Gasteiger partial charge is 0.361 e. The van der Waals surface area contributed by atoms with Crippen molar-refractivity contribution in [3.05, 3.63) is 89.9 Å². The van der Waals surface area contributed by atoms with Crippen molar-refractivity contribution in [2.45, 2.75) is 26.4 Å². The van der Waals surface area contributed by atoms with Gasteiger partial charge in [-0.3, -0.25) is 0 Å². The number of hydrogen-bond donors (Lipinski definition) is 3. The predicted octanol–water partition coefficient (Wildman–Crippen LogP) is 3.85. The summed E-state index contributed by atoms with van der Waals surface area (Å²) in [5.74, 6) is 0.556. The Morgan fingerprint density at radius 1 is 1.16 bits per heavy atom. The summed E-state index contributed by atoms with van der Waals surface area (Å²) in [6.45, 7) is 4.92. The van der Waals surface area contributed by atoms with E-state index in [1.54, 1.807) is 18.3 Å². The van der Waals surface area contributed by atoms with Crippen LogP contribution < -0.4 is 10.6 Å². The Kier molecular flexibility index (Phi) is 6.62. The molecule has 4 aromatic rings. The first kappa shape index (κ1) is 20.7. The second kappa shape index (κ2) is 9.93. The molecule has 0 aliphatic rings. The molecule has 6 nitrogen and oxygen atoms in total. The molecule has 31 heavy (non-hydrogen) atoms. The SMILES string of the molecule is CCNC(=NCc1cccc(Cn2ccnc2)c1)NCCc1c[nH]c2ccc(F)cc12. The maximum atomic E-state index is 13.6. The van der Waals surface area contributed by atoms with E-state index >= 15 is 0 Å². The molecule has 2 heterocycles. The third-order valence-corrected chi connectivity index (χ3v) is 5.10. The molecule has 4 rings (SSSR count). The number of H-pyrrole nitrogens is 1. The van der Waals surface area contributed by atoms with Crippen molar-refractivity contribution in [1.82, 2.24) is 25.2 Å². The van der Waals surface area contributed by atoms with Crippen LogP contribution in [-0.2, 0) is 19.5 Å². The van der Waals surface area contributed by atoms with Gasteiger partial charge in [0.15, 0.2) is 5.96 Å². The van der Waals surface area contributed by atoms with Gasteiger partial charge in [-0.05, 0) is 48.2 Å². The highest BCUT2D eigenvalue weighted by molar-refractivity contribution is 5.83. The van der Waals surface area contributed by atoms with Gasteiger partial charge in [-0.1, -0.05) is 24.3 Å². The van der Waals surface area contributed by atoms with Crippen molar-refractivity contribution >= 4 is 16.9 Å². The minimum Gasteiger partial charge on any atom is -0.361 e. The van der Waals surface area contributed by atoms with E-state index in [9.17, 15) is 4.39 Å². The normalized spacial score (nSPS) is 11.7. The summed E-state index contributed by atoms with van der Waals surface area (Å²) >= 11 is 0. The predicted molar refractivity (Wildman–Crippen MR) is 123 cm³/mol. The van der Waals surface area contributed by atoms with Crippen LogP contribution in [-0.4, -0.2) is 33.6 Å². The summed E-state index contributed by atoms with van der Waals surface area (Å²) in [5, 5.41) is 7.60. The number of halogens is 1. The van der Waals surface area contributed by atoms with Crippen molar-refractivity contribution in [2.24, 2.45) is 4.99 Å². The van der Waals surface area contributed by atoms with Crippen LogP contribution in [0.3, 0.4) is 0 Å². The maximum Gasteiger partial charge on any atom is 0.191 e. The molecular weight excluding hydrogens is 391 g/mol. The molecule has 0 atom stereocenters. The molecule has 0 radical (unpaired) electrons. The van der Waals surface area contributed by atoms with Crippen LogP contribution in [0.15, 0.2) is 72.4 Å². The highest BCUT2D eigenvalue weighted by Gasteiger charge is 2.06. The van der Waals surface area contributed by atoms with E-state index in [2.05, 4.69) is 44.9 Å². The average Bonchev–Trinajstić information content (AvgIpc) is 3.42. The van der Waals surface area contributed by atoms with Gasteiger partial charge in [-0.25, -0.2) is 14.4 Å². The zero-order valence-electron chi connectivity index (χ0n) is 17.6. The van der Waals surface area contributed by atoms with Gasteiger partial charge in [-0.15, -0.1) is 0 Å². The van der Waals surface area contributed by atoms with Gasteiger partial charge in [0, 0.05) is 49.1 Å². The van der Waals surface area contributed by atoms with E-state index in [1.165, 1.54) is 11.6 Å². The molecule has 7 heteroatoms. The topological polar surface area (TPSA) is 70.0 Å². The Labute approximate surface area is 181 Å². The first-order valence-corrected chi connectivity index (χ1v) is 10.5. The molecule has 0 unspecified atom stereocenters. The molecule has 0 amide bonds. The first-order valence-electron chi connectivity index (χ1n) is 10.5. The van der Waals surface area contributed by atoms with E-state index in [4.69, 9.17) is 4.99 Å². The highest BCUT2D eigenvalue weighted by atomic mass is 19.1. The molecule has 0 spiro atoms. The summed E-state index contributed by atoms with van der Waals surface area (Å²) < 4.78 is 15.6. The van der Waals surface area contributed by atoms with E-state index in [1.807, 2.05) is 30.2 Å². The fraction of sp³-hybridized carbons (Fsp3) is 0.250. The number of nitrogens with one attached hydrogen (secondary N) is 3. The monoisotopic (exact) mass is 418 g/mol. The molecule has 0 saturated heterocycles. The Morgan fingerprint density at radius 2 is 2.06 bits per heavy atom. The fourth-order valence-corrected chi connectivity index (χ4v) is 3.60. The van der Waals surface area contributed by atoms with Gasteiger partial charge in [0.05, 0.1) is 12.9 Å². The first-order chi connectivity index (χ1) is 15.2. The van der Waals surface area contributed by atoms with E-state index in [-0.39, 0.29) is 5.82 Å². The summed E-state index contributed by atoms with van der Waals surface area (Å²) in [6.07, 6.45) is 8.28. The van der Waals surface area contributed by atoms with Gasteiger partial charge in [0.25, 0.3) is 0 Å². The van der Waals surface area contributed by atoms with Crippen LogP contribution >= 0.6 is 0 Å². The number of fused-ring (bicyclic) bond motifs is 1. The van der Waals surface area contributed by atoms with E-state index < -0.39 is 0 Å². The second-order valence-electron chi connectivity index (χ2n) is 7.43. The minimum absolute atomic E-state index is 0.216. The highest BCUT2D eigenvalue weighted by Crippen LogP contribution is 2.19. The van der Waals surface area contributed by atoms with Crippen molar-refractivity contribution in [3.63, 3.8) is 0 Å². The van der Waals surface area contributed by atoms with Crippen LogP contribution in [0.4, 0.5) is 4.39 Å². The van der Waals surface area contributed by atoms with Crippen molar-refractivity contribution in [1.29, 1.82) is 0 Å². The zero-order valence-corrected chi connectivity index (χ0v) is 17.6. The summed E-state index contributed by atoms with van der Waals surface area (Å²) in [6, 6.07) is 13.3. The molecule has 3 N–H and O–H groups in total. The maximum absolute atomic E-state index is 13.6. The van der Waals surface area contributed by atoms with Gasteiger partial charge >= 0.3 is 0 Å². The number of guanidine groups is 1. The van der Waals surface area contributed by atoms with E-state index in [0.29, 0.717) is 13.1 Å². The summed E-state index contributed by atoms with van der Waals surface area (Å²) in [7, 11) is 0. The van der Waals surface area contributed by atoms with Crippen molar-refractivity contribution in [3.8, 4) is 0 Å². The number of aromatic amines is 1. The Hall–Kier alpha value is -3.61. The number of aromatic nitrogens is 3. The molecule has 0 bridgehead atoms. The molecule has 2 aromatic heterocycles. The van der Waals surface area contributed by atoms with Crippen molar-refractivity contribution < 1.29 is 4.39 Å². The zero-order chi connectivity index (χ0) is 21.5. The Morgan fingerprint density at radius 3 is 2.90 bits per heavy atom. The lowest BCUT2D eigenvalue weighted by molar-refractivity contribution is 0.629. The minimum atomic E-state index is -0.216. The number of imidazole rings is 1. The van der Waals surface area contributed by atoms with Gasteiger partial charge in [-0.2, -0.15) is 0 Å². The number of hydrogen-bond acceptors (Lipinski definition) is 2. The Bertz CT molecular complexity index is 1150. The third-order valence-electron chi connectivity index (χ3n) is 5.10. The van der Waals surface area contributed by atoms with Crippen molar-refractivity contribution in [2.75, 3.05) is 13.1 Å².